The summed E-state index contributed by atoms with van der Waals surface area (Å²) in [5, 5.41) is 1.24. The van der Waals surface area contributed by atoms with Crippen LogP contribution >= 0.6 is 0 Å². The second-order valence-electron chi connectivity index (χ2n) is 3.98. The number of hydrogen-bond donors (Lipinski definition) is 0. The molecule has 0 N–H and O–H groups in total. The van der Waals surface area contributed by atoms with Gasteiger partial charge in [0.1, 0.15) is 0 Å². The van der Waals surface area contributed by atoms with Crippen LogP contribution in [0.3, 0.4) is 0 Å². The van der Waals surface area contributed by atoms with E-state index in [4.69, 9.17) is 8.85 Å². The third kappa shape index (κ3) is 4.47. The van der Waals surface area contributed by atoms with Crippen LogP contribution in [0.5, 0.6) is 0 Å². The summed E-state index contributed by atoms with van der Waals surface area (Å²) in [6.07, 6.45) is 2.09. The van der Waals surface area contributed by atoms with Gasteiger partial charge in [0.2, 0.25) is 0 Å². The number of benzene rings is 1. The van der Waals surface area contributed by atoms with Crippen LogP contribution in [0.25, 0.3) is 0 Å². The van der Waals surface area contributed by atoms with Crippen molar-refractivity contribution in [3.63, 3.8) is 0 Å². The predicted molar refractivity (Wildman–Crippen MR) is 70.4 cm³/mol. The van der Waals surface area contributed by atoms with Crippen LogP contribution in [0.2, 0.25) is 0 Å². The Bertz CT molecular complexity index is 276. The molecule has 0 aromatic heterocycles. The Hall–Kier alpha value is -0.643. The predicted octanol–water partition coefficient (Wildman–Crippen LogP) is 2.28. The Labute approximate surface area is 100 Å². The zero-order valence-corrected chi connectivity index (χ0v) is 11.7. The summed E-state index contributed by atoms with van der Waals surface area (Å²) in [5.41, 5.74) is 1.28. The van der Waals surface area contributed by atoms with Crippen LogP contribution in [-0.4, -0.2) is 22.5 Å². The standard InChI is InChI=1S/C13H22O2Si/c1-4-10-14-16(15-11-5-2)13-8-6-12(3)7-9-13/h6-9,16H,4-5,10-11H2,1-3H3. The summed E-state index contributed by atoms with van der Waals surface area (Å²) in [6, 6.07) is 8.52. The average Bonchev–Trinajstić information content (AvgIpc) is 2.31. The molecule has 0 aliphatic carbocycles. The van der Waals surface area contributed by atoms with Gasteiger partial charge in [-0.25, -0.2) is 0 Å². The quantitative estimate of drug-likeness (QED) is 0.679. The van der Waals surface area contributed by atoms with Crippen molar-refractivity contribution < 1.29 is 8.85 Å². The van der Waals surface area contributed by atoms with Gasteiger partial charge in [-0.2, -0.15) is 0 Å². The number of rotatable bonds is 7. The molecule has 0 radical (unpaired) electrons. The highest BCUT2D eigenvalue weighted by molar-refractivity contribution is 6.61. The minimum absolute atomic E-state index is 0.800. The molecule has 0 aliphatic rings. The van der Waals surface area contributed by atoms with Gasteiger partial charge in [-0.15, -0.1) is 0 Å². The molecule has 3 heteroatoms. The average molecular weight is 238 g/mol. The van der Waals surface area contributed by atoms with Gasteiger partial charge in [0.05, 0.1) is 0 Å². The fourth-order valence-electron chi connectivity index (χ4n) is 1.41. The van der Waals surface area contributed by atoms with Crippen molar-refractivity contribution in [3.8, 4) is 0 Å². The molecule has 0 saturated heterocycles. The summed E-state index contributed by atoms with van der Waals surface area (Å²) in [7, 11) is -1.65. The lowest BCUT2D eigenvalue weighted by Gasteiger charge is -2.16. The Balaban J connectivity index is 2.62. The van der Waals surface area contributed by atoms with Crippen molar-refractivity contribution in [2.24, 2.45) is 0 Å². The minimum Gasteiger partial charge on any atom is -0.393 e. The molecule has 1 rings (SSSR count). The van der Waals surface area contributed by atoms with Crippen LogP contribution in [0.15, 0.2) is 24.3 Å². The van der Waals surface area contributed by atoms with Gasteiger partial charge in [0.15, 0.2) is 0 Å². The largest absolute Gasteiger partial charge is 0.393 e. The van der Waals surface area contributed by atoms with E-state index in [0.717, 1.165) is 26.1 Å². The van der Waals surface area contributed by atoms with Crippen LogP contribution in [0.1, 0.15) is 32.3 Å². The van der Waals surface area contributed by atoms with E-state index in [0.29, 0.717) is 0 Å². The second-order valence-corrected chi connectivity index (χ2v) is 5.98. The molecular weight excluding hydrogens is 216 g/mol. The Morgan fingerprint density at radius 3 is 1.88 bits per heavy atom. The van der Waals surface area contributed by atoms with Gasteiger partial charge in [-0.3, -0.25) is 0 Å². The molecule has 2 nitrogen and oxygen atoms in total. The molecule has 0 atom stereocenters. The van der Waals surface area contributed by atoms with Crippen molar-refractivity contribution in [3.05, 3.63) is 29.8 Å². The molecule has 0 unspecified atom stereocenters. The zero-order valence-electron chi connectivity index (χ0n) is 10.5. The van der Waals surface area contributed by atoms with Crippen molar-refractivity contribution in [1.82, 2.24) is 0 Å². The van der Waals surface area contributed by atoms with Crippen molar-refractivity contribution >= 4 is 14.5 Å². The van der Waals surface area contributed by atoms with Gasteiger partial charge in [-0.1, -0.05) is 43.7 Å². The number of aryl methyl sites for hydroxylation is 1. The molecule has 1 aromatic carbocycles. The maximum absolute atomic E-state index is 5.84. The molecule has 0 amide bonds. The lowest BCUT2D eigenvalue weighted by molar-refractivity contribution is 0.207. The smallest absolute Gasteiger partial charge is 0.355 e. The highest BCUT2D eigenvalue weighted by Gasteiger charge is 2.15. The van der Waals surface area contributed by atoms with Gasteiger partial charge in [0.25, 0.3) is 0 Å². The molecule has 0 aliphatic heterocycles. The molecule has 16 heavy (non-hydrogen) atoms. The normalized spacial score (nSPS) is 11.0. The minimum atomic E-state index is -1.65. The van der Waals surface area contributed by atoms with E-state index in [9.17, 15) is 0 Å². The SMILES string of the molecule is CCCO[SiH](OCCC)c1ccc(C)cc1. The van der Waals surface area contributed by atoms with E-state index >= 15 is 0 Å². The maximum atomic E-state index is 5.84. The first-order chi connectivity index (χ1) is 7.77. The summed E-state index contributed by atoms with van der Waals surface area (Å²) in [5.74, 6) is 0. The van der Waals surface area contributed by atoms with E-state index in [2.05, 4.69) is 45.0 Å². The van der Waals surface area contributed by atoms with Crippen molar-refractivity contribution in [1.29, 1.82) is 0 Å². The van der Waals surface area contributed by atoms with Crippen molar-refractivity contribution in [2.75, 3.05) is 13.2 Å². The first kappa shape index (κ1) is 13.4. The zero-order chi connectivity index (χ0) is 11.8. The monoisotopic (exact) mass is 238 g/mol. The van der Waals surface area contributed by atoms with E-state index < -0.39 is 9.28 Å². The topological polar surface area (TPSA) is 18.5 Å². The Morgan fingerprint density at radius 1 is 0.938 bits per heavy atom. The van der Waals surface area contributed by atoms with E-state index in [1.54, 1.807) is 0 Å². The fraction of sp³-hybridized carbons (Fsp3) is 0.538. The lowest BCUT2D eigenvalue weighted by atomic mass is 10.2. The molecule has 0 heterocycles. The van der Waals surface area contributed by atoms with Gasteiger partial charge in [0, 0.05) is 13.2 Å². The summed E-state index contributed by atoms with van der Waals surface area (Å²) < 4.78 is 11.7. The van der Waals surface area contributed by atoms with E-state index in [1.165, 1.54) is 10.8 Å². The maximum Gasteiger partial charge on any atom is 0.355 e. The lowest BCUT2D eigenvalue weighted by Crippen LogP contribution is -2.37. The van der Waals surface area contributed by atoms with Crippen LogP contribution in [-0.2, 0) is 8.85 Å². The Kier molecular flexibility index (Phi) is 6.38. The van der Waals surface area contributed by atoms with E-state index in [-0.39, 0.29) is 0 Å². The van der Waals surface area contributed by atoms with Gasteiger partial charge < -0.3 is 8.85 Å². The first-order valence-corrected chi connectivity index (χ1v) is 7.59. The second kappa shape index (κ2) is 7.60. The third-order valence-electron chi connectivity index (χ3n) is 2.30. The highest BCUT2D eigenvalue weighted by atomic mass is 28.3. The molecule has 0 bridgehead atoms. The summed E-state index contributed by atoms with van der Waals surface area (Å²) in [6.45, 7) is 7.95. The molecule has 0 spiro atoms. The van der Waals surface area contributed by atoms with Crippen LogP contribution < -0.4 is 5.19 Å². The molecule has 1 aromatic rings. The fourth-order valence-corrected chi connectivity index (χ4v) is 3.30. The first-order valence-electron chi connectivity index (χ1n) is 6.07. The molecule has 0 saturated carbocycles. The molecule has 90 valence electrons. The van der Waals surface area contributed by atoms with Gasteiger partial charge >= 0.3 is 9.28 Å². The van der Waals surface area contributed by atoms with Crippen LogP contribution in [0.4, 0.5) is 0 Å². The van der Waals surface area contributed by atoms with Crippen molar-refractivity contribution in [2.45, 2.75) is 33.6 Å². The highest BCUT2D eigenvalue weighted by Crippen LogP contribution is 1.99. The number of hydrogen-bond acceptors (Lipinski definition) is 2. The molecular formula is C13H22O2Si. The van der Waals surface area contributed by atoms with E-state index in [1.807, 2.05) is 0 Å². The third-order valence-corrected chi connectivity index (χ3v) is 4.30. The van der Waals surface area contributed by atoms with Gasteiger partial charge in [-0.05, 0) is 25.0 Å². The summed E-state index contributed by atoms with van der Waals surface area (Å²) >= 11 is 0. The molecule has 0 fully saturated rings. The summed E-state index contributed by atoms with van der Waals surface area (Å²) in [4.78, 5) is 0. The van der Waals surface area contributed by atoms with Crippen LogP contribution in [0, 0.1) is 6.92 Å². The Morgan fingerprint density at radius 2 is 1.44 bits per heavy atom.